The van der Waals surface area contributed by atoms with Gasteiger partial charge in [-0.3, -0.25) is 0 Å². The maximum atomic E-state index is 2.33. The minimum absolute atomic E-state index is 0. The second-order valence-electron chi connectivity index (χ2n) is 4.55. The van der Waals surface area contributed by atoms with Gasteiger partial charge in [-0.2, -0.15) is 0 Å². The van der Waals surface area contributed by atoms with Crippen LogP contribution in [0.5, 0.6) is 0 Å². The van der Waals surface area contributed by atoms with Crippen LogP contribution < -0.4 is 0 Å². The molecule has 2 aromatic rings. The third-order valence-electron chi connectivity index (χ3n) is 3.50. The fourth-order valence-electron chi connectivity index (χ4n) is 2.70. The molecule has 0 bridgehead atoms. The maximum Gasteiger partial charge on any atom is 0 e. The van der Waals surface area contributed by atoms with Crippen LogP contribution in [0.2, 0.25) is 0 Å². The number of allylic oxidation sites excluding steroid dienone is 4. The van der Waals surface area contributed by atoms with Crippen LogP contribution in [-0.4, -0.2) is 0 Å². The molecule has 84 valence electrons. The van der Waals surface area contributed by atoms with Crippen LogP contribution in [0.4, 0.5) is 0 Å². The summed E-state index contributed by atoms with van der Waals surface area (Å²) in [6, 6.07) is 8.88. The number of hydrogen-bond acceptors (Lipinski definition) is 0. The van der Waals surface area contributed by atoms with Gasteiger partial charge >= 0.3 is 0 Å². The van der Waals surface area contributed by atoms with Crippen molar-refractivity contribution < 1.29 is 26.2 Å². The van der Waals surface area contributed by atoms with Gasteiger partial charge in [0, 0.05) is 26.2 Å². The molecule has 1 aliphatic carbocycles. The van der Waals surface area contributed by atoms with Crippen molar-refractivity contribution in [3.63, 3.8) is 0 Å². The predicted octanol–water partition coefficient (Wildman–Crippen LogP) is 4.52. The summed E-state index contributed by atoms with van der Waals surface area (Å²) < 4.78 is 0. The first-order valence-electron chi connectivity index (χ1n) is 5.79. The van der Waals surface area contributed by atoms with Gasteiger partial charge in [0.2, 0.25) is 0 Å². The van der Waals surface area contributed by atoms with Gasteiger partial charge < -0.3 is 0 Å². The summed E-state index contributed by atoms with van der Waals surface area (Å²) in [5.41, 5.74) is 5.69. The molecule has 0 saturated heterocycles. The van der Waals surface area contributed by atoms with Crippen LogP contribution in [-0.2, 0) is 26.2 Å². The maximum absolute atomic E-state index is 2.33. The summed E-state index contributed by atoms with van der Waals surface area (Å²) in [6.45, 7) is 4.43. The van der Waals surface area contributed by atoms with Gasteiger partial charge in [0.05, 0.1) is 0 Å². The van der Waals surface area contributed by atoms with Gasteiger partial charge in [-0.25, -0.2) is 0 Å². The van der Waals surface area contributed by atoms with E-state index in [9.17, 15) is 0 Å². The van der Waals surface area contributed by atoms with Crippen LogP contribution in [0.25, 0.3) is 16.3 Å². The summed E-state index contributed by atoms with van der Waals surface area (Å²) in [5.74, 6) is 0. The molecule has 2 aromatic carbocycles. The van der Waals surface area contributed by atoms with E-state index < -0.39 is 0 Å². The second kappa shape index (κ2) is 4.82. The normalized spacial score (nSPS) is 13.9. The average molecular weight is 299 g/mol. The largest absolute Gasteiger partial charge is 0.133 e. The molecule has 0 spiro atoms. The van der Waals surface area contributed by atoms with E-state index in [0.29, 0.717) is 0 Å². The van der Waals surface area contributed by atoms with Crippen LogP contribution in [0, 0.1) is 13.8 Å². The Morgan fingerprint density at radius 3 is 2.65 bits per heavy atom. The Morgan fingerprint density at radius 2 is 2.00 bits per heavy atom. The predicted molar refractivity (Wildman–Crippen MR) is 70.7 cm³/mol. The van der Waals surface area contributed by atoms with E-state index in [2.05, 4.69) is 56.3 Å². The molecule has 0 heterocycles. The first-order valence-corrected chi connectivity index (χ1v) is 5.79. The number of rotatable bonds is 1. The van der Waals surface area contributed by atoms with Gasteiger partial charge in [-0.05, 0) is 13.3 Å². The van der Waals surface area contributed by atoms with Crippen molar-refractivity contribution in [1.29, 1.82) is 0 Å². The van der Waals surface area contributed by atoms with Crippen LogP contribution in [0.15, 0.2) is 42.5 Å². The van der Waals surface area contributed by atoms with Gasteiger partial charge in [-0.1, -0.05) is 42.8 Å². The quantitative estimate of drug-likeness (QED) is 0.679. The van der Waals surface area contributed by atoms with E-state index in [1.165, 1.54) is 33.0 Å². The molecule has 17 heavy (non-hydrogen) atoms. The van der Waals surface area contributed by atoms with Crippen LogP contribution >= 0.6 is 0 Å². The molecular weight excluding hydrogens is 283 g/mol. The average Bonchev–Trinajstić information content (AvgIpc) is 2.86. The third kappa shape index (κ3) is 2.02. The van der Waals surface area contributed by atoms with Crippen molar-refractivity contribution in [2.24, 2.45) is 0 Å². The molecule has 0 atom stereocenters. The van der Waals surface area contributed by atoms with Gasteiger partial charge in [0.15, 0.2) is 0 Å². The Morgan fingerprint density at radius 1 is 1.18 bits per heavy atom. The fraction of sp³-hybridized carbons (Fsp3) is 0.188. The summed E-state index contributed by atoms with van der Waals surface area (Å²) in [7, 11) is 0. The zero-order valence-corrected chi connectivity index (χ0v) is 12.7. The Bertz CT molecular complexity index is 612. The molecule has 3 rings (SSSR count). The minimum atomic E-state index is 0. The van der Waals surface area contributed by atoms with Crippen LogP contribution in [0.1, 0.15) is 23.1 Å². The van der Waals surface area contributed by atoms with Gasteiger partial charge in [0.25, 0.3) is 0 Å². The molecule has 0 fully saturated rings. The van der Waals surface area contributed by atoms with Crippen molar-refractivity contribution in [3.8, 4) is 0 Å². The van der Waals surface area contributed by atoms with Gasteiger partial charge in [-0.15, -0.1) is 39.6 Å². The fourth-order valence-corrected chi connectivity index (χ4v) is 2.70. The molecule has 1 aliphatic rings. The molecule has 0 radical (unpaired) electrons. The summed E-state index contributed by atoms with van der Waals surface area (Å²) in [4.78, 5) is 0. The number of fused-ring (bicyclic) bond motifs is 1. The van der Waals surface area contributed by atoms with Crippen molar-refractivity contribution in [2.75, 3.05) is 0 Å². The second-order valence-corrected chi connectivity index (χ2v) is 4.55. The summed E-state index contributed by atoms with van der Waals surface area (Å²) in [5, 5.41) is 2.81. The van der Waals surface area contributed by atoms with E-state index in [1.54, 1.807) is 0 Å². The Labute approximate surface area is 122 Å². The number of hydrogen-bond donors (Lipinski definition) is 0. The van der Waals surface area contributed by atoms with E-state index in [1.807, 2.05) is 0 Å². The molecule has 0 N–H and O–H groups in total. The first kappa shape index (κ1) is 12.6. The molecule has 0 unspecified atom stereocenters. The Kier molecular flexibility index (Phi) is 3.59. The molecule has 0 saturated carbocycles. The molecular formula is C16H15Zr-. The van der Waals surface area contributed by atoms with E-state index in [4.69, 9.17) is 0 Å². The molecule has 1 heteroatoms. The van der Waals surface area contributed by atoms with E-state index in [0.717, 1.165) is 6.42 Å². The van der Waals surface area contributed by atoms with Crippen molar-refractivity contribution in [3.05, 3.63) is 59.2 Å². The van der Waals surface area contributed by atoms with E-state index in [-0.39, 0.29) is 26.2 Å². The Balaban J connectivity index is 0.00000108. The van der Waals surface area contributed by atoms with Gasteiger partial charge in [0.1, 0.15) is 0 Å². The summed E-state index contributed by atoms with van der Waals surface area (Å²) in [6.07, 6.45) is 7.69. The van der Waals surface area contributed by atoms with E-state index >= 15 is 0 Å². The summed E-state index contributed by atoms with van der Waals surface area (Å²) >= 11 is 0. The smallest absolute Gasteiger partial charge is 0 e. The number of aryl methyl sites for hydroxylation is 2. The minimum Gasteiger partial charge on any atom is -0.133 e. The van der Waals surface area contributed by atoms with Crippen molar-refractivity contribution >= 4 is 16.3 Å². The zero-order valence-electron chi connectivity index (χ0n) is 10.2. The molecule has 0 aliphatic heterocycles. The molecule has 0 nitrogen and oxygen atoms in total. The molecule has 0 amide bonds. The third-order valence-corrected chi connectivity index (χ3v) is 3.50. The first-order chi connectivity index (χ1) is 7.77. The van der Waals surface area contributed by atoms with Crippen molar-refractivity contribution in [1.82, 2.24) is 0 Å². The Hall–Kier alpha value is -0.807. The number of benzene rings is 1. The molecule has 0 aromatic heterocycles. The van der Waals surface area contributed by atoms with Crippen molar-refractivity contribution in [2.45, 2.75) is 20.3 Å². The van der Waals surface area contributed by atoms with Crippen LogP contribution in [0.3, 0.4) is 0 Å². The SMILES string of the molecule is Cc1cccc2[cH-]c(C3=CC=CC3)c(C)c12.[Zr]. The zero-order chi connectivity index (χ0) is 11.1. The standard InChI is InChI=1S/C16H15.Zr/c1-11-6-5-9-14-10-15(12(2)16(11)14)13-7-3-4-8-13;/h3-7,9-10H,8H2,1-2H3;/q-1;. The topological polar surface area (TPSA) is 0 Å². The monoisotopic (exact) mass is 297 g/mol.